The number of hydrogen-bond donors (Lipinski definition) is 0. The molecule has 0 amide bonds. The van der Waals surface area contributed by atoms with Gasteiger partial charge in [0.25, 0.3) is 10.0 Å². The second kappa shape index (κ2) is 9.21. The van der Waals surface area contributed by atoms with E-state index in [-0.39, 0.29) is 10.5 Å². The van der Waals surface area contributed by atoms with Crippen molar-refractivity contribution in [3.05, 3.63) is 83.2 Å². The van der Waals surface area contributed by atoms with E-state index < -0.39 is 34.1 Å². The zero-order valence-electron chi connectivity index (χ0n) is 19.8. The number of sulfonamides is 1. The van der Waals surface area contributed by atoms with Crippen LogP contribution in [0.3, 0.4) is 0 Å². The molecule has 0 N–H and O–H groups in total. The molecule has 11 heteroatoms. The molecule has 0 radical (unpaired) electrons. The van der Waals surface area contributed by atoms with E-state index in [9.17, 15) is 26.0 Å². The van der Waals surface area contributed by atoms with Crippen LogP contribution in [0.25, 0.3) is 10.1 Å². The first-order valence-corrected chi connectivity index (χ1v) is 13.6. The van der Waals surface area contributed by atoms with Crippen molar-refractivity contribution in [2.45, 2.75) is 24.5 Å². The lowest BCUT2D eigenvalue weighted by Crippen LogP contribution is -2.32. The van der Waals surface area contributed by atoms with Crippen molar-refractivity contribution in [2.75, 3.05) is 29.4 Å². The molecule has 0 unspecified atom stereocenters. The molecule has 5 nitrogen and oxygen atoms in total. The Hall–Kier alpha value is -3.31. The van der Waals surface area contributed by atoms with E-state index in [1.165, 1.54) is 29.5 Å². The number of fused-ring (bicyclic) bond motifs is 2. The van der Waals surface area contributed by atoms with Crippen LogP contribution in [0, 0.1) is 12.7 Å². The average molecular weight is 551 g/mol. The fourth-order valence-corrected chi connectivity index (χ4v) is 7.29. The molecule has 0 fully saturated rings. The van der Waals surface area contributed by atoms with Gasteiger partial charge < -0.3 is 9.64 Å². The number of thiophene rings is 1. The summed E-state index contributed by atoms with van der Waals surface area (Å²) in [5, 5.41) is 1.21. The highest BCUT2D eigenvalue weighted by Crippen LogP contribution is 2.42. The Morgan fingerprint density at radius 2 is 1.84 bits per heavy atom. The van der Waals surface area contributed by atoms with E-state index in [1.807, 2.05) is 36.2 Å². The second-order valence-corrected chi connectivity index (χ2v) is 11.6. The van der Waals surface area contributed by atoms with Crippen LogP contribution >= 0.6 is 11.3 Å². The predicted molar refractivity (Wildman–Crippen MR) is 137 cm³/mol. The summed E-state index contributed by atoms with van der Waals surface area (Å²) >= 11 is 1.23. The summed E-state index contributed by atoms with van der Waals surface area (Å²) in [7, 11) is -2.39. The van der Waals surface area contributed by atoms with Gasteiger partial charge in [-0.3, -0.25) is 4.31 Å². The van der Waals surface area contributed by atoms with E-state index in [2.05, 4.69) is 0 Å². The quantitative estimate of drug-likeness (QED) is 0.263. The standard InChI is InChI=1S/C26H22F4N2O3S2/c1-16-19-5-3-4-6-24(19)36-25(16)32(15-17-7-9-21(27)20(13-17)26(28,29)30)37(33,34)18-8-10-22-23(14-18)35-12-11-31(22)2/h3-10,13-14H,11-12,15H2,1-2H3. The molecule has 0 aliphatic carbocycles. The largest absolute Gasteiger partial charge is 0.490 e. The van der Waals surface area contributed by atoms with Gasteiger partial charge in [0.15, 0.2) is 0 Å². The highest BCUT2D eigenvalue weighted by molar-refractivity contribution is 7.93. The first-order chi connectivity index (χ1) is 17.5. The molecule has 194 valence electrons. The van der Waals surface area contributed by atoms with E-state index in [0.717, 1.165) is 20.1 Å². The molecule has 37 heavy (non-hydrogen) atoms. The van der Waals surface area contributed by atoms with Crippen molar-refractivity contribution in [3.8, 4) is 5.75 Å². The van der Waals surface area contributed by atoms with Crippen LogP contribution in [0.2, 0.25) is 0 Å². The van der Waals surface area contributed by atoms with Crippen LogP contribution in [-0.2, 0) is 22.7 Å². The zero-order chi connectivity index (χ0) is 26.5. The van der Waals surface area contributed by atoms with Gasteiger partial charge in [-0.25, -0.2) is 12.8 Å². The van der Waals surface area contributed by atoms with Gasteiger partial charge in [0.1, 0.15) is 23.2 Å². The number of likely N-dealkylation sites (N-methyl/N-ethyl adjacent to an activating group) is 1. The van der Waals surface area contributed by atoms with Gasteiger partial charge in [0, 0.05) is 17.8 Å². The van der Waals surface area contributed by atoms with Gasteiger partial charge in [0.2, 0.25) is 0 Å². The molecule has 3 aromatic carbocycles. The number of ether oxygens (including phenoxy) is 1. The summed E-state index contributed by atoms with van der Waals surface area (Å²) in [6.45, 7) is 2.39. The summed E-state index contributed by atoms with van der Waals surface area (Å²) in [6.07, 6.45) is -4.92. The summed E-state index contributed by atoms with van der Waals surface area (Å²) < 4.78 is 89.8. The monoisotopic (exact) mass is 550 g/mol. The van der Waals surface area contributed by atoms with Crippen LogP contribution in [0.1, 0.15) is 16.7 Å². The first kappa shape index (κ1) is 25.3. The van der Waals surface area contributed by atoms with Crippen molar-refractivity contribution in [1.29, 1.82) is 0 Å². The maximum absolute atomic E-state index is 14.0. The highest BCUT2D eigenvalue weighted by atomic mass is 32.2. The number of halogens is 4. The molecule has 0 spiro atoms. The molecule has 0 saturated heterocycles. The Morgan fingerprint density at radius 1 is 1.08 bits per heavy atom. The Labute approximate surface area is 215 Å². The van der Waals surface area contributed by atoms with Crippen LogP contribution in [0.4, 0.5) is 28.3 Å². The minimum atomic E-state index is -4.92. The molecule has 1 aliphatic rings. The number of aryl methyl sites for hydroxylation is 1. The van der Waals surface area contributed by atoms with Gasteiger partial charge >= 0.3 is 6.18 Å². The molecule has 1 aromatic heterocycles. The normalized spacial score (nSPS) is 13.9. The lowest BCUT2D eigenvalue weighted by molar-refractivity contribution is -0.140. The molecule has 5 rings (SSSR count). The molecule has 0 atom stereocenters. The summed E-state index contributed by atoms with van der Waals surface area (Å²) in [4.78, 5) is 1.89. The number of hydrogen-bond acceptors (Lipinski definition) is 5. The molecular formula is C26H22F4N2O3S2. The average Bonchev–Trinajstić information content (AvgIpc) is 3.18. The van der Waals surface area contributed by atoms with Gasteiger partial charge in [-0.15, -0.1) is 11.3 Å². The van der Waals surface area contributed by atoms with Crippen molar-refractivity contribution in [1.82, 2.24) is 0 Å². The Balaban J connectivity index is 1.65. The van der Waals surface area contributed by atoms with Gasteiger partial charge in [0.05, 0.1) is 29.2 Å². The zero-order valence-corrected chi connectivity index (χ0v) is 21.5. The van der Waals surface area contributed by atoms with Gasteiger partial charge in [-0.05, 0) is 53.8 Å². The van der Waals surface area contributed by atoms with Gasteiger partial charge in [-0.2, -0.15) is 13.2 Å². The lowest BCUT2D eigenvalue weighted by atomic mass is 10.1. The van der Waals surface area contributed by atoms with Crippen molar-refractivity contribution >= 4 is 42.1 Å². The van der Waals surface area contributed by atoms with Crippen LogP contribution in [0.15, 0.2) is 65.6 Å². The summed E-state index contributed by atoms with van der Waals surface area (Å²) in [5.74, 6) is -1.01. The van der Waals surface area contributed by atoms with Crippen molar-refractivity contribution < 1.29 is 30.7 Å². The molecule has 2 heterocycles. The maximum Gasteiger partial charge on any atom is 0.419 e. The number of rotatable bonds is 5. The van der Waals surface area contributed by atoms with Crippen molar-refractivity contribution in [3.63, 3.8) is 0 Å². The minimum Gasteiger partial charge on any atom is -0.490 e. The topological polar surface area (TPSA) is 49.9 Å². The molecule has 0 saturated carbocycles. The summed E-state index contributed by atoms with van der Waals surface area (Å²) in [5.41, 5.74) is -0.0249. The molecule has 0 bridgehead atoms. The lowest BCUT2D eigenvalue weighted by Gasteiger charge is -2.29. The van der Waals surface area contributed by atoms with Crippen LogP contribution < -0.4 is 13.9 Å². The minimum absolute atomic E-state index is 0.00287. The number of nitrogens with zero attached hydrogens (tertiary/aromatic N) is 2. The predicted octanol–water partition coefficient (Wildman–Crippen LogP) is 6.59. The van der Waals surface area contributed by atoms with Crippen LogP contribution in [0.5, 0.6) is 5.75 Å². The third-order valence-electron chi connectivity index (χ3n) is 6.32. The van der Waals surface area contributed by atoms with E-state index in [4.69, 9.17) is 4.74 Å². The molecular weight excluding hydrogens is 528 g/mol. The number of alkyl halides is 3. The first-order valence-electron chi connectivity index (χ1n) is 11.3. The Bertz CT molecular complexity index is 1600. The number of benzene rings is 3. The molecule has 4 aromatic rings. The SMILES string of the molecule is Cc1c(N(Cc2ccc(F)c(C(F)(F)F)c2)S(=O)(=O)c2ccc3c(c2)OCCN3C)sc2ccccc12. The smallest absolute Gasteiger partial charge is 0.419 e. The second-order valence-electron chi connectivity index (χ2n) is 8.75. The summed E-state index contributed by atoms with van der Waals surface area (Å²) in [6, 6.07) is 14.4. The van der Waals surface area contributed by atoms with E-state index in [1.54, 1.807) is 13.0 Å². The number of anilines is 2. The fourth-order valence-electron chi connectivity index (χ4n) is 4.35. The van der Waals surface area contributed by atoms with Gasteiger partial charge in [-0.1, -0.05) is 24.3 Å². The van der Waals surface area contributed by atoms with Crippen LogP contribution in [-0.4, -0.2) is 28.6 Å². The molecule has 1 aliphatic heterocycles. The third-order valence-corrected chi connectivity index (χ3v) is 9.48. The van der Waals surface area contributed by atoms with E-state index >= 15 is 0 Å². The Morgan fingerprint density at radius 3 is 2.57 bits per heavy atom. The fraction of sp³-hybridized carbons (Fsp3) is 0.231. The highest BCUT2D eigenvalue weighted by Gasteiger charge is 2.35. The Kier molecular flexibility index (Phi) is 6.31. The maximum atomic E-state index is 14.0. The van der Waals surface area contributed by atoms with E-state index in [0.29, 0.717) is 41.6 Å². The van der Waals surface area contributed by atoms with Crippen molar-refractivity contribution in [2.24, 2.45) is 0 Å². The third kappa shape index (κ3) is 4.61.